The van der Waals surface area contributed by atoms with Crippen LogP contribution in [0.25, 0.3) is 0 Å². The number of fused-ring (bicyclic) bond motifs is 1. The van der Waals surface area contributed by atoms with Crippen LogP contribution in [0.4, 0.5) is 5.69 Å². The fourth-order valence-corrected chi connectivity index (χ4v) is 3.92. The van der Waals surface area contributed by atoms with Gasteiger partial charge in [-0.25, -0.2) is 0 Å². The SMILES string of the molecule is Cc1cc2c(cc1Cc1ccc(N=CC=CN)cc1)C(=O)N(C1CCOCC1)CO2. The van der Waals surface area contributed by atoms with E-state index in [-0.39, 0.29) is 11.9 Å². The predicted octanol–water partition coefficient (Wildman–Crippen LogP) is 3.73. The summed E-state index contributed by atoms with van der Waals surface area (Å²) in [5.74, 6) is 0.740. The van der Waals surface area contributed by atoms with E-state index in [1.54, 1.807) is 12.3 Å². The Hall–Kier alpha value is -3.12. The number of nitrogens with zero attached hydrogens (tertiary/aromatic N) is 2. The Morgan fingerprint density at radius 1 is 1.20 bits per heavy atom. The van der Waals surface area contributed by atoms with Gasteiger partial charge in [-0.3, -0.25) is 9.79 Å². The van der Waals surface area contributed by atoms with E-state index in [9.17, 15) is 4.79 Å². The Morgan fingerprint density at radius 2 is 1.97 bits per heavy atom. The Kier molecular flexibility index (Phi) is 6.14. The molecule has 6 heteroatoms. The van der Waals surface area contributed by atoms with E-state index in [1.165, 1.54) is 6.20 Å². The van der Waals surface area contributed by atoms with Crippen LogP contribution >= 0.6 is 0 Å². The van der Waals surface area contributed by atoms with E-state index in [0.717, 1.165) is 41.6 Å². The zero-order valence-corrected chi connectivity index (χ0v) is 17.2. The largest absolute Gasteiger partial charge is 0.472 e. The summed E-state index contributed by atoms with van der Waals surface area (Å²) in [6.45, 7) is 3.77. The maximum Gasteiger partial charge on any atom is 0.260 e. The number of benzene rings is 2. The van der Waals surface area contributed by atoms with Crippen molar-refractivity contribution in [2.45, 2.75) is 32.2 Å². The molecule has 2 heterocycles. The molecule has 1 fully saturated rings. The van der Waals surface area contributed by atoms with Crippen LogP contribution in [0.15, 0.2) is 53.7 Å². The topological polar surface area (TPSA) is 77.2 Å². The van der Waals surface area contributed by atoms with Crippen molar-refractivity contribution in [1.82, 2.24) is 4.90 Å². The number of carbonyl (C=O) groups is 1. The van der Waals surface area contributed by atoms with Gasteiger partial charge in [0.15, 0.2) is 6.73 Å². The van der Waals surface area contributed by atoms with Crippen LogP contribution < -0.4 is 10.5 Å². The Bertz CT molecular complexity index is 960. The third kappa shape index (κ3) is 4.39. The summed E-state index contributed by atoms with van der Waals surface area (Å²) in [6.07, 6.45) is 7.27. The van der Waals surface area contributed by atoms with E-state index in [0.29, 0.717) is 31.3 Å². The number of allylic oxidation sites excluding steroid dienone is 1. The molecule has 0 radical (unpaired) electrons. The number of ether oxygens (including phenoxy) is 2. The highest BCUT2D eigenvalue weighted by atomic mass is 16.5. The summed E-state index contributed by atoms with van der Waals surface area (Å²) in [7, 11) is 0. The van der Waals surface area contributed by atoms with Crippen molar-refractivity contribution in [1.29, 1.82) is 0 Å². The third-order valence-corrected chi connectivity index (χ3v) is 5.67. The predicted molar refractivity (Wildman–Crippen MR) is 117 cm³/mol. The molecule has 0 saturated carbocycles. The molecule has 0 bridgehead atoms. The summed E-state index contributed by atoms with van der Waals surface area (Å²) >= 11 is 0. The lowest BCUT2D eigenvalue weighted by atomic mass is 9.96. The van der Waals surface area contributed by atoms with Crippen LogP contribution in [-0.2, 0) is 11.2 Å². The summed E-state index contributed by atoms with van der Waals surface area (Å²) in [4.78, 5) is 19.3. The molecular weight excluding hydrogens is 378 g/mol. The van der Waals surface area contributed by atoms with Crippen molar-refractivity contribution in [2.24, 2.45) is 10.7 Å². The second-order valence-corrected chi connectivity index (χ2v) is 7.67. The first-order valence-electron chi connectivity index (χ1n) is 10.3. The van der Waals surface area contributed by atoms with Gasteiger partial charge in [-0.1, -0.05) is 12.1 Å². The van der Waals surface area contributed by atoms with Gasteiger partial charge in [-0.15, -0.1) is 0 Å². The number of carbonyl (C=O) groups excluding carboxylic acids is 1. The van der Waals surface area contributed by atoms with Gasteiger partial charge < -0.3 is 20.1 Å². The first kappa shape index (κ1) is 20.2. The highest BCUT2D eigenvalue weighted by Gasteiger charge is 2.32. The van der Waals surface area contributed by atoms with Crippen molar-refractivity contribution in [3.63, 3.8) is 0 Å². The molecular formula is C24H27N3O3. The standard InChI is InChI=1S/C24H27N3O3/c1-17-13-23-22(24(28)27(16-30-23)21-7-11-29-12-8-21)15-19(17)14-18-3-5-20(6-4-18)26-10-2-9-25/h2-6,9-10,13,15,21H,7-8,11-12,14,16,25H2,1H3. The van der Waals surface area contributed by atoms with Crippen molar-refractivity contribution in [3.05, 3.63) is 70.9 Å². The van der Waals surface area contributed by atoms with E-state index in [2.05, 4.69) is 24.0 Å². The number of nitrogens with two attached hydrogens (primary N) is 1. The Morgan fingerprint density at radius 3 is 2.70 bits per heavy atom. The fraction of sp³-hybridized carbons (Fsp3) is 0.333. The van der Waals surface area contributed by atoms with Crippen LogP contribution in [0.2, 0.25) is 0 Å². The minimum atomic E-state index is 0.0574. The third-order valence-electron chi connectivity index (χ3n) is 5.67. The fourth-order valence-electron chi connectivity index (χ4n) is 3.92. The molecule has 30 heavy (non-hydrogen) atoms. The molecule has 2 aromatic rings. The first-order valence-corrected chi connectivity index (χ1v) is 10.3. The minimum absolute atomic E-state index is 0.0574. The van der Waals surface area contributed by atoms with Crippen LogP contribution in [0, 0.1) is 6.92 Å². The van der Waals surface area contributed by atoms with Crippen molar-refractivity contribution >= 4 is 17.8 Å². The van der Waals surface area contributed by atoms with Crippen molar-refractivity contribution in [3.8, 4) is 5.75 Å². The van der Waals surface area contributed by atoms with Gasteiger partial charge in [-0.2, -0.15) is 0 Å². The number of hydrogen-bond acceptors (Lipinski definition) is 5. The molecule has 2 aliphatic rings. The van der Waals surface area contributed by atoms with Crippen molar-refractivity contribution in [2.75, 3.05) is 19.9 Å². The maximum atomic E-state index is 13.2. The van der Waals surface area contributed by atoms with E-state index in [4.69, 9.17) is 15.2 Å². The molecule has 0 aliphatic carbocycles. The molecule has 4 rings (SSSR count). The lowest BCUT2D eigenvalue weighted by Gasteiger charge is -2.37. The van der Waals surface area contributed by atoms with Crippen LogP contribution in [0.5, 0.6) is 5.75 Å². The molecule has 1 amide bonds. The van der Waals surface area contributed by atoms with E-state index in [1.807, 2.05) is 29.2 Å². The molecule has 1 saturated heterocycles. The smallest absolute Gasteiger partial charge is 0.260 e. The summed E-state index contributed by atoms with van der Waals surface area (Å²) in [5.41, 5.74) is 10.3. The molecule has 0 aromatic heterocycles. The molecule has 0 unspecified atom stereocenters. The number of rotatable bonds is 5. The van der Waals surface area contributed by atoms with Gasteiger partial charge in [0.1, 0.15) is 5.75 Å². The van der Waals surface area contributed by atoms with Gasteiger partial charge in [0.2, 0.25) is 0 Å². The number of hydrogen-bond donors (Lipinski definition) is 1. The highest BCUT2D eigenvalue weighted by Crippen LogP contribution is 2.32. The zero-order valence-electron chi connectivity index (χ0n) is 17.2. The van der Waals surface area contributed by atoms with Crippen LogP contribution in [-0.4, -0.2) is 43.0 Å². The number of aliphatic imine (C=N–C) groups is 1. The minimum Gasteiger partial charge on any atom is -0.472 e. The second kappa shape index (κ2) is 9.13. The summed E-state index contributed by atoms with van der Waals surface area (Å²) < 4.78 is 11.4. The zero-order chi connectivity index (χ0) is 20.9. The molecule has 2 aliphatic heterocycles. The van der Waals surface area contributed by atoms with Crippen molar-refractivity contribution < 1.29 is 14.3 Å². The highest BCUT2D eigenvalue weighted by molar-refractivity contribution is 5.98. The Balaban J connectivity index is 1.53. The summed E-state index contributed by atoms with van der Waals surface area (Å²) in [5, 5.41) is 0. The van der Waals surface area contributed by atoms with E-state index < -0.39 is 0 Å². The molecule has 6 nitrogen and oxygen atoms in total. The molecule has 0 atom stereocenters. The van der Waals surface area contributed by atoms with Gasteiger partial charge >= 0.3 is 0 Å². The molecule has 2 N–H and O–H groups in total. The quantitative estimate of drug-likeness (QED) is 0.769. The lowest BCUT2D eigenvalue weighted by molar-refractivity contribution is 0.00193. The molecule has 156 valence electrons. The number of aryl methyl sites for hydroxylation is 1. The van der Waals surface area contributed by atoms with Gasteiger partial charge in [-0.05, 0) is 79.4 Å². The second-order valence-electron chi connectivity index (χ2n) is 7.67. The maximum absolute atomic E-state index is 13.2. The van der Waals surface area contributed by atoms with E-state index >= 15 is 0 Å². The summed E-state index contributed by atoms with van der Waals surface area (Å²) in [6, 6.07) is 12.2. The first-order chi connectivity index (χ1) is 14.7. The van der Waals surface area contributed by atoms with Gasteiger partial charge in [0, 0.05) is 25.5 Å². The van der Waals surface area contributed by atoms with Crippen LogP contribution in [0.3, 0.4) is 0 Å². The molecule has 2 aromatic carbocycles. The molecule has 0 spiro atoms. The van der Waals surface area contributed by atoms with Crippen LogP contribution in [0.1, 0.15) is 39.9 Å². The number of amides is 1. The average Bonchev–Trinajstić information content (AvgIpc) is 2.77. The van der Waals surface area contributed by atoms with Gasteiger partial charge in [0.25, 0.3) is 5.91 Å². The average molecular weight is 405 g/mol. The van der Waals surface area contributed by atoms with Gasteiger partial charge in [0.05, 0.1) is 11.3 Å². The lowest BCUT2D eigenvalue weighted by Crippen LogP contribution is -2.47. The monoisotopic (exact) mass is 405 g/mol. The normalized spacial score (nSPS) is 17.5. The Labute approximate surface area is 177 Å².